The normalized spacial score (nSPS) is 49.9. The Kier molecular flexibility index (Phi) is 1.96. The van der Waals surface area contributed by atoms with Gasteiger partial charge in [0.05, 0.1) is 12.2 Å². The molecule has 0 aromatic heterocycles. The van der Waals surface area contributed by atoms with Gasteiger partial charge >= 0.3 is 5.97 Å². The summed E-state index contributed by atoms with van der Waals surface area (Å²) in [5.74, 6) is 0.779. The van der Waals surface area contributed by atoms with E-state index in [4.69, 9.17) is 9.47 Å². The van der Waals surface area contributed by atoms with E-state index in [2.05, 4.69) is 13.2 Å². The fraction of sp³-hybridized carbons (Fsp3) is 0.667. The second-order valence-electron chi connectivity index (χ2n) is 6.22. The third-order valence-electron chi connectivity index (χ3n) is 5.45. The van der Waals surface area contributed by atoms with Crippen LogP contribution in [-0.4, -0.2) is 24.3 Å². The molecule has 4 rings (SSSR count). The molecular formula is C15H18O3. The third kappa shape index (κ3) is 1.21. The van der Waals surface area contributed by atoms with Gasteiger partial charge in [-0.25, -0.2) is 4.79 Å². The minimum Gasteiger partial charge on any atom is -0.458 e. The van der Waals surface area contributed by atoms with Gasteiger partial charge in [0.1, 0.15) is 6.10 Å². The summed E-state index contributed by atoms with van der Waals surface area (Å²) in [6, 6.07) is 0. The molecule has 18 heavy (non-hydrogen) atoms. The zero-order chi connectivity index (χ0) is 12.5. The monoisotopic (exact) mass is 246 g/mol. The van der Waals surface area contributed by atoms with E-state index in [0.717, 1.165) is 32.3 Å². The quantitative estimate of drug-likeness (QED) is 0.285. The molecule has 4 aliphatic rings. The summed E-state index contributed by atoms with van der Waals surface area (Å²) < 4.78 is 11.4. The molecule has 5 atom stereocenters. The van der Waals surface area contributed by atoms with Gasteiger partial charge in [-0.05, 0) is 25.7 Å². The van der Waals surface area contributed by atoms with Crippen LogP contribution >= 0.6 is 0 Å². The first kappa shape index (κ1) is 10.8. The largest absolute Gasteiger partial charge is 0.458 e. The highest BCUT2D eigenvalue weighted by Gasteiger charge is 2.62. The fourth-order valence-electron chi connectivity index (χ4n) is 4.35. The highest BCUT2D eigenvalue weighted by atomic mass is 16.6. The average molecular weight is 246 g/mol. The Morgan fingerprint density at radius 2 is 2.06 bits per heavy atom. The number of carbonyl (C=O) groups is 1. The molecule has 2 saturated heterocycles. The molecule has 1 spiro atoms. The van der Waals surface area contributed by atoms with Crippen molar-refractivity contribution in [2.24, 2.45) is 17.8 Å². The van der Waals surface area contributed by atoms with Crippen molar-refractivity contribution in [1.29, 1.82) is 0 Å². The minimum absolute atomic E-state index is 0.0198. The number of fused-ring (bicyclic) bond motifs is 4. The van der Waals surface area contributed by atoms with Crippen LogP contribution in [0, 0.1) is 17.8 Å². The lowest BCUT2D eigenvalue weighted by Gasteiger charge is -2.27. The second kappa shape index (κ2) is 3.27. The van der Waals surface area contributed by atoms with Gasteiger partial charge in [-0.3, -0.25) is 0 Å². The molecule has 2 heterocycles. The predicted molar refractivity (Wildman–Crippen MR) is 65.8 cm³/mol. The molecule has 0 N–H and O–H groups in total. The molecule has 4 fully saturated rings. The first-order chi connectivity index (χ1) is 8.62. The lowest BCUT2D eigenvalue weighted by atomic mass is 9.79. The van der Waals surface area contributed by atoms with Gasteiger partial charge in [0, 0.05) is 23.3 Å². The maximum absolute atomic E-state index is 11.7. The van der Waals surface area contributed by atoms with Gasteiger partial charge in [-0.2, -0.15) is 0 Å². The lowest BCUT2D eigenvalue weighted by Crippen LogP contribution is -2.33. The molecule has 0 bridgehead atoms. The third-order valence-corrected chi connectivity index (χ3v) is 5.45. The van der Waals surface area contributed by atoms with Crippen molar-refractivity contribution in [2.75, 3.05) is 6.61 Å². The highest BCUT2D eigenvalue weighted by Crippen LogP contribution is 2.58. The number of epoxide rings is 1. The summed E-state index contributed by atoms with van der Waals surface area (Å²) in [4.78, 5) is 11.7. The van der Waals surface area contributed by atoms with Gasteiger partial charge < -0.3 is 9.47 Å². The van der Waals surface area contributed by atoms with E-state index in [-0.39, 0.29) is 23.6 Å². The highest BCUT2D eigenvalue weighted by molar-refractivity contribution is 5.90. The molecule has 1 unspecified atom stereocenters. The van der Waals surface area contributed by atoms with Crippen LogP contribution in [0.3, 0.4) is 0 Å². The van der Waals surface area contributed by atoms with E-state index in [1.807, 2.05) is 0 Å². The van der Waals surface area contributed by atoms with Crippen molar-refractivity contribution in [3.63, 3.8) is 0 Å². The Morgan fingerprint density at radius 3 is 2.78 bits per heavy atom. The smallest absolute Gasteiger partial charge is 0.334 e. The first-order valence-corrected chi connectivity index (χ1v) is 6.84. The number of esters is 1. The van der Waals surface area contributed by atoms with Gasteiger partial charge in [-0.1, -0.05) is 18.7 Å². The van der Waals surface area contributed by atoms with Crippen molar-refractivity contribution in [3.8, 4) is 0 Å². The van der Waals surface area contributed by atoms with Crippen molar-refractivity contribution in [2.45, 2.75) is 37.4 Å². The fourth-order valence-corrected chi connectivity index (χ4v) is 4.35. The van der Waals surface area contributed by atoms with E-state index in [9.17, 15) is 4.79 Å². The molecule has 0 radical (unpaired) electrons. The molecule has 3 nitrogen and oxygen atoms in total. The van der Waals surface area contributed by atoms with Crippen molar-refractivity contribution < 1.29 is 14.3 Å². The van der Waals surface area contributed by atoms with Gasteiger partial charge in [0.2, 0.25) is 0 Å². The molecule has 96 valence electrons. The van der Waals surface area contributed by atoms with Crippen molar-refractivity contribution >= 4 is 5.97 Å². The van der Waals surface area contributed by atoms with E-state index in [1.54, 1.807) is 0 Å². The van der Waals surface area contributed by atoms with Gasteiger partial charge in [0.15, 0.2) is 0 Å². The number of rotatable bonds is 0. The van der Waals surface area contributed by atoms with E-state index < -0.39 is 0 Å². The predicted octanol–water partition coefficient (Wildman–Crippen LogP) is 2.23. The number of hydrogen-bond acceptors (Lipinski definition) is 3. The summed E-state index contributed by atoms with van der Waals surface area (Å²) in [5.41, 5.74) is 1.98. The average Bonchev–Trinajstić information content (AvgIpc) is 2.99. The zero-order valence-electron chi connectivity index (χ0n) is 10.5. The van der Waals surface area contributed by atoms with E-state index in [1.165, 1.54) is 5.57 Å². The van der Waals surface area contributed by atoms with Crippen LogP contribution in [0.15, 0.2) is 24.3 Å². The van der Waals surface area contributed by atoms with Crippen LogP contribution in [0.5, 0.6) is 0 Å². The molecule has 3 heteroatoms. The van der Waals surface area contributed by atoms with Crippen LogP contribution in [0.1, 0.15) is 25.7 Å². The summed E-state index contributed by atoms with van der Waals surface area (Å²) in [7, 11) is 0. The SMILES string of the molecule is C=C1C(=O)O[C@H]2C1CC[C@]1(CO1)[C@@H]1CCC(=C)[C@@H]12. The second-order valence-corrected chi connectivity index (χ2v) is 6.22. The van der Waals surface area contributed by atoms with E-state index in [0.29, 0.717) is 17.4 Å². The molecular weight excluding hydrogens is 228 g/mol. The maximum Gasteiger partial charge on any atom is 0.334 e. The molecule has 2 aliphatic heterocycles. The minimum atomic E-state index is -0.198. The van der Waals surface area contributed by atoms with Crippen LogP contribution in [-0.2, 0) is 14.3 Å². The topological polar surface area (TPSA) is 38.8 Å². The Hall–Kier alpha value is -1.09. The van der Waals surface area contributed by atoms with Crippen LogP contribution < -0.4 is 0 Å². The Balaban J connectivity index is 1.76. The van der Waals surface area contributed by atoms with Gasteiger partial charge in [-0.15, -0.1) is 0 Å². The van der Waals surface area contributed by atoms with Crippen LogP contribution in [0.2, 0.25) is 0 Å². The number of ether oxygens (including phenoxy) is 2. The van der Waals surface area contributed by atoms with E-state index >= 15 is 0 Å². The maximum atomic E-state index is 11.7. The summed E-state index contributed by atoms with van der Waals surface area (Å²) in [5, 5.41) is 0. The summed E-state index contributed by atoms with van der Waals surface area (Å²) >= 11 is 0. The van der Waals surface area contributed by atoms with Crippen LogP contribution in [0.25, 0.3) is 0 Å². The standard InChI is InChI=1S/C15H18O3/c1-8-3-4-11-12(8)13-10(9(2)14(16)18-13)5-6-15(11)7-17-15/h10-13H,1-7H2/t10?,11-,12+,13+,15+/m1/s1. The Labute approximate surface area is 107 Å². The molecule has 0 amide bonds. The summed E-state index contributed by atoms with van der Waals surface area (Å²) in [6.07, 6.45) is 4.17. The first-order valence-electron chi connectivity index (χ1n) is 6.84. The van der Waals surface area contributed by atoms with Crippen molar-refractivity contribution in [1.82, 2.24) is 0 Å². The molecule has 2 aliphatic carbocycles. The van der Waals surface area contributed by atoms with Crippen molar-refractivity contribution in [3.05, 3.63) is 24.3 Å². The van der Waals surface area contributed by atoms with Crippen LogP contribution in [0.4, 0.5) is 0 Å². The molecule has 2 saturated carbocycles. The number of hydrogen-bond donors (Lipinski definition) is 0. The Morgan fingerprint density at radius 1 is 1.28 bits per heavy atom. The number of carbonyl (C=O) groups excluding carboxylic acids is 1. The zero-order valence-corrected chi connectivity index (χ0v) is 10.5. The lowest BCUT2D eigenvalue weighted by molar-refractivity contribution is -0.141. The Bertz CT molecular complexity index is 460. The molecule has 0 aromatic carbocycles. The molecule has 0 aromatic rings. The van der Waals surface area contributed by atoms with Gasteiger partial charge in [0.25, 0.3) is 0 Å². The summed E-state index contributed by atoms with van der Waals surface area (Å²) in [6.45, 7) is 9.01.